The van der Waals surface area contributed by atoms with Gasteiger partial charge in [0.2, 0.25) is 0 Å². The maximum atomic E-state index is 13.7. The highest BCUT2D eigenvalue weighted by atomic mass is 28.4. The number of amides is 2. The molecule has 1 aromatic carbocycles. The van der Waals surface area contributed by atoms with Gasteiger partial charge in [0, 0.05) is 18.1 Å². The van der Waals surface area contributed by atoms with E-state index < -0.39 is 51.2 Å². The van der Waals surface area contributed by atoms with E-state index in [9.17, 15) is 19.7 Å². The third-order valence-electron chi connectivity index (χ3n) is 9.67. The molecule has 13 heteroatoms. The lowest BCUT2D eigenvalue weighted by Crippen LogP contribution is -2.48. The van der Waals surface area contributed by atoms with Crippen molar-refractivity contribution < 1.29 is 32.8 Å². The van der Waals surface area contributed by atoms with E-state index in [1.165, 1.54) is 6.07 Å². The van der Waals surface area contributed by atoms with Gasteiger partial charge >= 0.3 is 6.09 Å². The third-order valence-corrected chi connectivity index (χ3v) is 18.7. The van der Waals surface area contributed by atoms with Crippen molar-refractivity contribution in [1.29, 1.82) is 0 Å². The largest absolute Gasteiger partial charge is 0.443 e. The van der Waals surface area contributed by atoms with E-state index in [0.717, 1.165) is 4.90 Å². The summed E-state index contributed by atoms with van der Waals surface area (Å²) in [5, 5.41) is 11.7. The molecular formula is C34H55N3O8Si2. The van der Waals surface area contributed by atoms with Crippen LogP contribution in [0.25, 0.3) is 0 Å². The minimum atomic E-state index is -2.19. The molecule has 1 fully saturated rings. The second kappa shape index (κ2) is 14.0. The molecule has 0 aromatic heterocycles. The molecule has 0 saturated carbocycles. The van der Waals surface area contributed by atoms with Crippen LogP contribution in [0, 0.1) is 16.0 Å². The first-order chi connectivity index (χ1) is 21.3. The summed E-state index contributed by atoms with van der Waals surface area (Å²) in [7, 11) is -4.27. The Bertz CT molecular complexity index is 1390. The standard InChI is InChI=1S/C34H55N3O8Si2/c1-32(2,3)44-31(39)36(21-23-16-14-15-17-25(23)37(40)41)29-19-18-24(30(38)35-29)26-20-27(45-47(12,13)34(7,8)9)28(43-26)22-42-46(10,11)33(4,5)6/h14-19,24,26-28H,20-22H2,1-13H3/t24?,26-,27?,28-/m1/s1. The molecule has 2 aliphatic rings. The molecule has 1 saturated heterocycles. The number of dihydropyridines is 1. The number of nitro benzene ring substituents is 1. The molecular weight excluding hydrogens is 635 g/mol. The van der Waals surface area contributed by atoms with E-state index >= 15 is 0 Å². The topological polar surface area (TPSA) is 130 Å². The van der Waals surface area contributed by atoms with Crippen LogP contribution in [-0.2, 0) is 29.7 Å². The summed E-state index contributed by atoms with van der Waals surface area (Å²) in [6.07, 6.45) is 1.91. The first-order valence-corrected chi connectivity index (χ1v) is 22.2. The molecule has 2 amide bonds. The van der Waals surface area contributed by atoms with Crippen LogP contribution in [0.1, 0.15) is 74.3 Å². The van der Waals surface area contributed by atoms with E-state index in [1.807, 2.05) is 0 Å². The number of amidine groups is 1. The second-order valence-corrected chi connectivity index (χ2v) is 26.1. The lowest BCUT2D eigenvalue weighted by Gasteiger charge is -2.40. The van der Waals surface area contributed by atoms with Gasteiger partial charge in [-0.1, -0.05) is 65.8 Å². The van der Waals surface area contributed by atoms with E-state index in [2.05, 4.69) is 72.7 Å². The summed E-state index contributed by atoms with van der Waals surface area (Å²) >= 11 is 0. The maximum Gasteiger partial charge on any atom is 0.416 e. The molecule has 11 nitrogen and oxygen atoms in total. The highest BCUT2D eigenvalue weighted by Gasteiger charge is 2.48. The Morgan fingerprint density at radius 3 is 2.15 bits per heavy atom. The molecule has 4 atom stereocenters. The quantitative estimate of drug-likeness (QED) is 0.145. The zero-order chi connectivity index (χ0) is 35.8. The zero-order valence-electron chi connectivity index (χ0n) is 30.5. The number of hydrogen-bond acceptors (Lipinski definition) is 8. The minimum Gasteiger partial charge on any atom is -0.443 e. The predicted molar refractivity (Wildman–Crippen MR) is 188 cm³/mol. The minimum absolute atomic E-state index is 0.0192. The molecule has 0 radical (unpaired) electrons. The van der Waals surface area contributed by atoms with Crippen molar-refractivity contribution in [3.63, 3.8) is 0 Å². The van der Waals surface area contributed by atoms with Gasteiger partial charge in [-0.3, -0.25) is 19.8 Å². The Morgan fingerprint density at radius 2 is 1.62 bits per heavy atom. The van der Waals surface area contributed by atoms with Crippen molar-refractivity contribution in [3.8, 4) is 0 Å². The Morgan fingerprint density at radius 1 is 1.02 bits per heavy atom. The van der Waals surface area contributed by atoms with Crippen molar-refractivity contribution in [2.24, 2.45) is 10.9 Å². The van der Waals surface area contributed by atoms with Crippen molar-refractivity contribution in [2.75, 3.05) is 6.61 Å². The monoisotopic (exact) mass is 689 g/mol. The summed E-state index contributed by atoms with van der Waals surface area (Å²) in [5.41, 5.74) is -0.714. The van der Waals surface area contributed by atoms with Gasteiger partial charge < -0.3 is 18.3 Å². The number of aliphatic imine (C=N–C) groups is 1. The summed E-state index contributed by atoms with van der Waals surface area (Å²) in [4.78, 5) is 43.7. The average molecular weight is 690 g/mol. The Labute approximate surface area is 282 Å². The van der Waals surface area contributed by atoms with Crippen LogP contribution in [0.15, 0.2) is 41.4 Å². The van der Waals surface area contributed by atoms with Gasteiger partial charge in [-0.15, -0.1) is 0 Å². The third kappa shape index (κ3) is 9.68. The van der Waals surface area contributed by atoms with Crippen LogP contribution < -0.4 is 0 Å². The molecule has 0 aliphatic carbocycles. The highest BCUT2D eigenvalue weighted by molar-refractivity contribution is 6.74. The second-order valence-electron chi connectivity index (χ2n) is 16.6. The summed E-state index contributed by atoms with van der Waals surface area (Å²) in [6, 6.07) is 6.14. The fraction of sp³-hybridized carbons (Fsp3) is 0.676. The number of nitrogens with zero attached hydrogens (tertiary/aromatic N) is 3. The van der Waals surface area contributed by atoms with Crippen molar-refractivity contribution in [2.45, 2.75) is 135 Å². The number of carbonyl (C=O) groups is 2. The van der Waals surface area contributed by atoms with Gasteiger partial charge in [-0.05, 0) is 63.1 Å². The normalized spacial score (nSPS) is 22.7. The molecule has 0 bridgehead atoms. The Balaban J connectivity index is 1.89. The first kappa shape index (κ1) is 38.7. The van der Waals surface area contributed by atoms with Gasteiger partial charge in [0.05, 0.1) is 36.2 Å². The molecule has 3 rings (SSSR count). The molecule has 2 heterocycles. The van der Waals surface area contributed by atoms with Gasteiger partial charge in [-0.2, -0.15) is 4.99 Å². The van der Waals surface area contributed by atoms with E-state index in [1.54, 1.807) is 51.1 Å². The van der Waals surface area contributed by atoms with Crippen LogP contribution in [0.3, 0.4) is 0 Å². The number of rotatable bonds is 9. The molecule has 0 spiro atoms. The molecule has 2 aliphatic heterocycles. The molecule has 1 aromatic rings. The maximum absolute atomic E-state index is 13.7. The van der Waals surface area contributed by atoms with E-state index in [4.69, 9.17) is 18.3 Å². The Kier molecular flexibility index (Phi) is 11.6. The van der Waals surface area contributed by atoms with Crippen molar-refractivity contribution in [3.05, 3.63) is 52.1 Å². The number of nitro groups is 1. The summed E-state index contributed by atoms with van der Waals surface area (Å²) in [6.45, 7) is 27.3. The zero-order valence-corrected chi connectivity index (χ0v) is 32.5. The number of carbonyl (C=O) groups excluding carboxylic acids is 2. The van der Waals surface area contributed by atoms with Gasteiger partial charge in [0.1, 0.15) is 17.5 Å². The van der Waals surface area contributed by atoms with E-state index in [-0.39, 0.29) is 45.9 Å². The van der Waals surface area contributed by atoms with Gasteiger partial charge in [0.15, 0.2) is 16.6 Å². The molecule has 47 heavy (non-hydrogen) atoms. The summed E-state index contributed by atoms with van der Waals surface area (Å²) < 4.78 is 25.6. The van der Waals surface area contributed by atoms with E-state index in [0.29, 0.717) is 13.0 Å². The first-order valence-electron chi connectivity index (χ1n) is 16.3. The van der Waals surface area contributed by atoms with Gasteiger partial charge in [-0.25, -0.2) is 4.79 Å². The van der Waals surface area contributed by atoms with Crippen LogP contribution in [0.2, 0.25) is 36.3 Å². The Hall–Kier alpha value is -2.72. The molecule has 0 N–H and O–H groups in total. The van der Waals surface area contributed by atoms with Crippen LogP contribution in [0.5, 0.6) is 0 Å². The highest BCUT2D eigenvalue weighted by Crippen LogP contribution is 2.42. The fourth-order valence-corrected chi connectivity index (χ4v) is 7.16. The number of para-hydroxylation sites is 1. The summed E-state index contributed by atoms with van der Waals surface area (Å²) in [5.74, 6) is -1.13. The SMILES string of the molecule is CC(C)(C)OC(=O)N(Cc1ccccc1[N+](=O)[O-])C1=NC(=O)C([C@H]2CC(O[Si](C)(C)C(C)(C)C)[C@@H](CO[Si](C)(C)C(C)(C)C)O2)C=C1. The lowest BCUT2D eigenvalue weighted by atomic mass is 9.95. The number of hydrogen-bond donors (Lipinski definition) is 0. The van der Waals surface area contributed by atoms with Crippen molar-refractivity contribution in [1.82, 2.24) is 4.90 Å². The number of ether oxygens (including phenoxy) is 2. The van der Waals surface area contributed by atoms with Crippen molar-refractivity contribution >= 4 is 40.2 Å². The molecule has 2 unspecified atom stereocenters. The van der Waals surface area contributed by atoms with Crippen LogP contribution in [-0.4, -0.2) is 74.8 Å². The average Bonchev–Trinajstić information content (AvgIpc) is 3.29. The number of benzene rings is 1. The fourth-order valence-electron chi connectivity index (χ4n) is 4.79. The van der Waals surface area contributed by atoms with Crippen LogP contribution in [0.4, 0.5) is 10.5 Å². The smallest absolute Gasteiger partial charge is 0.416 e. The van der Waals surface area contributed by atoms with Crippen LogP contribution >= 0.6 is 0 Å². The predicted octanol–water partition coefficient (Wildman–Crippen LogP) is 8.01. The molecule has 262 valence electrons. The lowest BCUT2D eigenvalue weighted by molar-refractivity contribution is -0.385. The van der Waals surface area contributed by atoms with Gasteiger partial charge in [0.25, 0.3) is 11.6 Å².